The third kappa shape index (κ3) is 4.17. The van der Waals surface area contributed by atoms with Gasteiger partial charge in [0.25, 0.3) is 5.91 Å². The first-order valence-electron chi connectivity index (χ1n) is 9.81. The van der Waals surface area contributed by atoms with Crippen LogP contribution in [0.4, 0.5) is 14.9 Å². The number of imide groups is 1. The third-order valence-corrected chi connectivity index (χ3v) is 6.16. The SMILES string of the molecule is CCC1(CC(C)C(=O)N2CCN(c3ccc(F)c(Cl)c3)[C@@H](C)C2)NC(=O)NC1=O. The van der Waals surface area contributed by atoms with Crippen LogP contribution in [0.15, 0.2) is 18.2 Å². The minimum atomic E-state index is -1.04. The largest absolute Gasteiger partial charge is 0.365 e. The number of hydrogen-bond acceptors (Lipinski definition) is 4. The Morgan fingerprint density at radius 2 is 2.10 bits per heavy atom. The van der Waals surface area contributed by atoms with E-state index in [2.05, 4.69) is 15.5 Å². The number of nitrogens with one attached hydrogen (secondary N) is 2. The van der Waals surface area contributed by atoms with Crippen LogP contribution in [0, 0.1) is 11.7 Å². The predicted molar refractivity (Wildman–Crippen MR) is 108 cm³/mol. The van der Waals surface area contributed by atoms with Crippen molar-refractivity contribution < 1.29 is 18.8 Å². The van der Waals surface area contributed by atoms with Gasteiger partial charge in [-0.05, 0) is 38.0 Å². The van der Waals surface area contributed by atoms with E-state index in [0.717, 1.165) is 5.69 Å². The van der Waals surface area contributed by atoms with Crippen LogP contribution in [-0.4, -0.2) is 54.0 Å². The van der Waals surface area contributed by atoms with Gasteiger partial charge in [-0.15, -0.1) is 0 Å². The molecule has 3 rings (SSSR count). The van der Waals surface area contributed by atoms with Gasteiger partial charge in [0, 0.05) is 37.3 Å². The summed E-state index contributed by atoms with van der Waals surface area (Å²) in [7, 11) is 0. The summed E-state index contributed by atoms with van der Waals surface area (Å²) in [6, 6.07) is 4.13. The second-order valence-corrected chi connectivity index (χ2v) is 8.28. The Hall–Kier alpha value is -2.35. The van der Waals surface area contributed by atoms with E-state index in [1.807, 2.05) is 13.8 Å². The van der Waals surface area contributed by atoms with E-state index in [1.54, 1.807) is 24.0 Å². The first kappa shape index (κ1) is 21.4. The van der Waals surface area contributed by atoms with E-state index < -0.39 is 23.3 Å². The summed E-state index contributed by atoms with van der Waals surface area (Å²) in [4.78, 5) is 40.7. The lowest BCUT2D eigenvalue weighted by Crippen LogP contribution is -2.56. The van der Waals surface area contributed by atoms with Crippen LogP contribution in [0.3, 0.4) is 0 Å². The van der Waals surface area contributed by atoms with Gasteiger partial charge in [-0.2, -0.15) is 0 Å². The molecule has 2 aliphatic heterocycles. The molecule has 2 unspecified atom stereocenters. The molecule has 1 aromatic rings. The van der Waals surface area contributed by atoms with Crippen molar-refractivity contribution >= 4 is 35.1 Å². The molecule has 29 heavy (non-hydrogen) atoms. The lowest BCUT2D eigenvalue weighted by atomic mass is 9.85. The molecule has 9 heteroatoms. The van der Waals surface area contributed by atoms with Gasteiger partial charge in [0.2, 0.25) is 5.91 Å². The number of nitrogens with zero attached hydrogens (tertiary/aromatic N) is 2. The fourth-order valence-corrected chi connectivity index (χ4v) is 4.37. The van der Waals surface area contributed by atoms with Crippen LogP contribution in [0.5, 0.6) is 0 Å². The van der Waals surface area contributed by atoms with E-state index in [1.165, 1.54) is 6.07 Å². The Kier molecular flexibility index (Phi) is 6.03. The van der Waals surface area contributed by atoms with Crippen molar-refractivity contribution in [2.24, 2.45) is 5.92 Å². The average molecular weight is 425 g/mol. The second-order valence-electron chi connectivity index (χ2n) is 7.87. The molecule has 7 nitrogen and oxygen atoms in total. The Morgan fingerprint density at radius 3 is 2.66 bits per heavy atom. The molecular formula is C20H26ClFN4O3. The Bertz CT molecular complexity index is 836. The number of benzene rings is 1. The molecule has 0 saturated carbocycles. The van der Waals surface area contributed by atoms with Gasteiger partial charge in [-0.1, -0.05) is 25.4 Å². The van der Waals surface area contributed by atoms with Gasteiger partial charge in [0.1, 0.15) is 11.4 Å². The van der Waals surface area contributed by atoms with Crippen LogP contribution >= 0.6 is 11.6 Å². The number of halogens is 2. The highest BCUT2D eigenvalue weighted by Crippen LogP contribution is 2.28. The molecule has 0 aromatic heterocycles. The molecule has 1 aromatic carbocycles. The molecule has 0 spiro atoms. The Labute approximate surface area is 174 Å². The van der Waals surface area contributed by atoms with Gasteiger partial charge in [0.15, 0.2) is 0 Å². The average Bonchev–Trinajstić information content (AvgIpc) is 2.96. The zero-order valence-electron chi connectivity index (χ0n) is 16.8. The molecule has 0 bridgehead atoms. The molecule has 2 heterocycles. The van der Waals surface area contributed by atoms with Crippen molar-refractivity contribution in [3.63, 3.8) is 0 Å². The summed E-state index contributed by atoms with van der Waals surface area (Å²) in [6.07, 6.45) is 0.666. The van der Waals surface area contributed by atoms with Crippen molar-refractivity contribution in [2.75, 3.05) is 24.5 Å². The topological polar surface area (TPSA) is 81.8 Å². The number of hydrogen-bond donors (Lipinski definition) is 2. The molecule has 2 aliphatic rings. The first-order valence-corrected chi connectivity index (χ1v) is 10.2. The minimum absolute atomic E-state index is 0.0241. The molecule has 2 fully saturated rings. The molecule has 158 valence electrons. The maximum Gasteiger partial charge on any atom is 0.322 e. The van der Waals surface area contributed by atoms with Crippen molar-refractivity contribution in [3.8, 4) is 0 Å². The van der Waals surface area contributed by atoms with Gasteiger partial charge in [-0.25, -0.2) is 9.18 Å². The van der Waals surface area contributed by atoms with E-state index in [4.69, 9.17) is 11.6 Å². The lowest BCUT2D eigenvalue weighted by molar-refractivity contribution is -0.137. The third-order valence-electron chi connectivity index (χ3n) is 5.87. The number of piperazine rings is 1. The zero-order chi connectivity index (χ0) is 21.3. The van der Waals surface area contributed by atoms with Crippen LogP contribution in [-0.2, 0) is 9.59 Å². The van der Waals surface area contributed by atoms with Gasteiger partial charge < -0.3 is 15.1 Å². The molecule has 2 N–H and O–H groups in total. The highest BCUT2D eigenvalue weighted by molar-refractivity contribution is 6.31. The number of carbonyl (C=O) groups excluding carboxylic acids is 3. The summed E-state index contributed by atoms with van der Waals surface area (Å²) < 4.78 is 13.4. The number of carbonyl (C=O) groups is 3. The minimum Gasteiger partial charge on any atom is -0.365 e. The lowest BCUT2D eigenvalue weighted by Gasteiger charge is -2.42. The van der Waals surface area contributed by atoms with Crippen molar-refractivity contribution in [1.82, 2.24) is 15.5 Å². The van der Waals surface area contributed by atoms with E-state index in [-0.39, 0.29) is 29.3 Å². The number of rotatable bonds is 5. The molecule has 3 atom stereocenters. The van der Waals surface area contributed by atoms with Crippen LogP contribution in [0.2, 0.25) is 5.02 Å². The highest BCUT2D eigenvalue weighted by Gasteiger charge is 2.46. The highest BCUT2D eigenvalue weighted by atomic mass is 35.5. The van der Waals surface area contributed by atoms with Crippen molar-refractivity contribution in [3.05, 3.63) is 29.0 Å². The molecule has 2 saturated heterocycles. The van der Waals surface area contributed by atoms with E-state index in [9.17, 15) is 18.8 Å². The summed E-state index contributed by atoms with van der Waals surface area (Å²) in [5, 5.41) is 5.02. The normalized spacial score (nSPS) is 25.6. The van der Waals surface area contributed by atoms with Crippen LogP contribution in [0.1, 0.15) is 33.6 Å². The van der Waals surface area contributed by atoms with E-state index >= 15 is 0 Å². The number of urea groups is 1. The van der Waals surface area contributed by atoms with Gasteiger partial charge in [-0.3, -0.25) is 14.9 Å². The fourth-order valence-electron chi connectivity index (χ4n) is 4.19. The van der Waals surface area contributed by atoms with Crippen molar-refractivity contribution in [1.29, 1.82) is 0 Å². The Balaban J connectivity index is 1.64. The second kappa shape index (κ2) is 8.18. The Morgan fingerprint density at radius 1 is 1.38 bits per heavy atom. The van der Waals surface area contributed by atoms with Crippen LogP contribution in [0.25, 0.3) is 0 Å². The van der Waals surface area contributed by atoms with E-state index in [0.29, 0.717) is 26.1 Å². The molecular weight excluding hydrogens is 399 g/mol. The van der Waals surface area contributed by atoms with Gasteiger partial charge >= 0.3 is 6.03 Å². The van der Waals surface area contributed by atoms with Crippen molar-refractivity contribution in [2.45, 2.75) is 45.2 Å². The number of anilines is 1. The quantitative estimate of drug-likeness (QED) is 0.712. The smallest absolute Gasteiger partial charge is 0.322 e. The summed E-state index contributed by atoms with van der Waals surface area (Å²) >= 11 is 5.90. The number of amides is 4. The van der Waals surface area contributed by atoms with Crippen LogP contribution < -0.4 is 15.5 Å². The monoisotopic (exact) mass is 424 g/mol. The molecule has 4 amide bonds. The summed E-state index contributed by atoms with van der Waals surface area (Å²) in [5.41, 5.74) is -0.218. The molecule has 0 radical (unpaired) electrons. The standard InChI is InChI=1S/C20H26ClFN4O3/c1-4-20(18(28)23-19(29)24-20)10-12(2)17(27)25-7-8-26(13(3)11-25)14-5-6-16(22)15(21)9-14/h5-6,9,12-13H,4,7-8,10-11H2,1-3H3,(H2,23,24,28,29)/t12?,13-,20?/m0/s1. The predicted octanol–water partition coefficient (Wildman–Crippen LogP) is 2.53. The summed E-state index contributed by atoms with van der Waals surface area (Å²) in [5.74, 6) is -1.30. The first-order chi connectivity index (χ1) is 13.7. The maximum atomic E-state index is 13.4. The maximum absolute atomic E-state index is 13.4. The zero-order valence-corrected chi connectivity index (χ0v) is 17.6. The molecule has 0 aliphatic carbocycles. The summed E-state index contributed by atoms with van der Waals surface area (Å²) in [6.45, 7) is 7.22. The fraction of sp³-hybridized carbons (Fsp3) is 0.550. The van der Waals surface area contributed by atoms with Gasteiger partial charge in [0.05, 0.1) is 5.02 Å².